The summed E-state index contributed by atoms with van der Waals surface area (Å²) in [7, 11) is -0.330. The Labute approximate surface area is 154 Å². The molecule has 3 aromatic rings. The molecule has 0 unspecified atom stereocenters. The summed E-state index contributed by atoms with van der Waals surface area (Å²) in [6.45, 7) is 8.27. The van der Waals surface area contributed by atoms with Crippen LogP contribution in [-0.2, 0) is 9.31 Å². The highest BCUT2D eigenvalue weighted by atomic mass is 16.7. The van der Waals surface area contributed by atoms with Crippen molar-refractivity contribution in [1.29, 1.82) is 0 Å². The minimum absolute atomic E-state index is 0.326. The summed E-state index contributed by atoms with van der Waals surface area (Å²) in [6, 6.07) is 16.6. The molecule has 2 aromatic carbocycles. The predicted octanol–water partition coefficient (Wildman–Crippen LogP) is 3.23. The Morgan fingerprint density at radius 3 is 1.85 bits per heavy atom. The molecule has 0 amide bonds. The predicted molar refractivity (Wildman–Crippen MR) is 103 cm³/mol. The molecule has 0 spiro atoms. The van der Waals surface area contributed by atoms with Gasteiger partial charge < -0.3 is 9.31 Å². The van der Waals surface area contributed by atoms with Crippen molar-refractivity contribution in [3.63, 3.8) is 0 Å². The second kappa shape index (κ2) is 6.07. The van der Waals surface area contributed by atoms with Crippen molar-refractivity contribution in [3.05, 3.63) is 60.9 Å². The van der Waals surface area contributed by atoms with Crippen LogP contribution in [0.4, 0.5) is 0 Å². The van der Waals surface area contributed by atoms with Crippen molar-refractivity contribution in [1.82, 2.24) is 15.0 Å². The largest absolute Gasteiger partial charge is 0.494 e. The van der Waals surface area contributed by atoms with Gasteiger partial charge in [0.15, 0.2) is 0 Å². The lowest BCUT2D eigenvalue weighted by molar-refractivity contribution is 0.00578. The average molecular weight is 347 g/mol. The molecule has 0 bridgehead atoms. The van der Waals surface area contributed by atoms with Gasteiger partial charge in [0.05, 0.1) is 29.3 Å². The van der Waals surface area contributed by atoms with Crippen molar-refractivity contribution in [3.8, 4) is 16.8 Å². The summed E-state index contributed by atoms with van der Waals surface area (Å²) < 4.78 is 14.0. The van der Waals surface area contributed by atoms with Crippen molar-refractivity contribution in [2.75, 3.05) is 0 Å². The SMILES string of the molecule is CC1(C)OB(c2ccc(-c3ccc(-n4ccnn4)cc3)cc2)OC1(C)C. The van der Waals surface area contributed by atoms with Crippen LogP contribution in [0.3, 0.4) is 0 Å². The summed E-state index contributed by atoms with van der Waals surface area (Å²) in [5, 5.41) is 7.84. The maximum atomic E-state index is 6.11. The van der Waals surface area contributed by atoms with E-state index in [-0.39, 0.29) is 18.3 Å². The van der Waals surface area contributed by atoms with E-state index in [9.17, 15) is 0 Å². The van der Waals surface area contributed by atoms with Gasteiger partial charge in [-0.15, -0.1) is 5.10 Å². The molecule has 5 nitrogen and oxygen atoms in total. The molecule has 0 N–H and O–H groups in total. The van der Waals surface area contributed by atoms with E-state index in [0.717, 1.165) is 22.3 Å². The van der Waals surface area contributed by atoms with Crippen LogP contribution < -0.4 is 5.46 Å². The smallest absolute Gasteiger partial charge is 0.399 e. The summed E-state index contributed by atoms with van der Waals surface area (Å²) in [5.74, 6) is 0. The van der Waals surface area contributed by atoms with Gasteiger partial charge in [0.2, 0.25) is 0 Å². The number of hydrogen-bond donors (Lipinski definition) is 0. The number of rotatable bonds is 3. The second-order valence-electron chi connectivity index (χ2n) is 7.60. The molecule has 1 aliphatic heterocycles. The lowest BCUT2D eigenvalue weighted by atomic mass is 9.78. The van der Waals surface area contributed by atoms with Crippen LogP contribution in [0.15, 0.2) is 60.9 Å². The fourth-order valence-corrected chi connectivity index (χ4v) is 2.96. The van der Waals surface area contributed by atoms with E-state index in [1.165, 1.54) is 0 Å². The lowest BCUT2D eigenvalue weighted by Crippen LogP contribution is -2.41. The third-order valence-electron chi connectivity index (χ3n) is 5.32. The molecular formula is C20H22BN3O2. The Morgan fingerprint density at radius 2 is 1.35 bits per heavy atom. The van der Waals surface area contributed by atoms with Gasteiger partial charge in [0, 0.05) is 0 Å². The first-order valence-corrected chi connectivity index (χ1v) is 8.78. The van der Waals surface area contributed by atoms with Gasteiger partial charge >= 0.3 is 7.12 Å². The maximum absolute atomic E-state index is 6.11. The third kappa shape index (κ3) is 2.95. The summed E-state index contributed by atoms with van der Waals surface area (Å²) in [5.41, 5.74) is 3.66. The van der Waals surface area contributed by atoms with Gasteiger partial charge in [0.1, 0.15) is 0 Å². The molecule has 132 valence electrons. The molecule has 26 heavy (non-hydrogen) atoms. The van der Waals surface area contributed by atoms with Gasteiger partial charge in [-0.25, -0.2) is 4.68 Å². The first kappa shape index (κ1) is 17.0. The average Bonchev–Trinajstić information content (AvgIpc) is 3.22. The molecule has 1 aliphatic rings. The monoisotopic (exact) mass is 347 g/mol. The van der Waals surface area contributed by atoms with Gasteiger partial charge in [-0.2, -0.15) is 0 Å². The van der Waals surface area contributed by atoms with Crippen molar-refractivity contribution < 1.29 is 9.31 Å². The minimum Gasteiger partial charge on any atom is -0.399 e. The van der Waals surface area contributed by atoms with Crippen LogP contribution in [0, 0.1) is 0 Å². The van der Waals surface area contributed by atoms with E-state index < -0.39 is 0 Å². The molecule has 6 heteroatoms. The van der Waals surface area contributed by atoms with E-state index in [2.05, 4.69) is 74.4 Å². The molecule has 0 radical (unpaired) electrons. The summed E-state index contributed by atoms with van der Waals surface area (Å²) >= 11 is 0. The quantitative estimate of drug-likeness (QED) is 0.683. The Morgan fingerprint density at radius 1 is 0.808 bits per heavy atom. The van der Waals surface area contributed by atoms with Gasteiger partial charge in [-0.1, -0.05) is 41.6 Å². The van der Waals surface area contributed by atoms with E-state index in [1.807, 2.05) is 18.3 Å². The molecule has 0 atom stereocenters. The molecular weight excluding hydrogens is 325 g/mol. The van der Waals surface area contributed by atoms with Gasteiger partial charge in [-0.05, 0) is 56.4 Å². The van der Waals surface area contributed by atoms with Crippen LogP contribution in [0.25, 0.3) is 16.8 Å². The Balaban J connectivity index is 1.53. The van der Waals surface area contributed by atoms with Crippen LogP contribution in [-0.4, -0.2) is 33.3 Å². The molecule has 2 heterocycles. The molecule has 1 fully saturated rings. The van der Waals surface area contributed by atoms with E-state index >= 15 is 0 Å². The Hall–Kier alpha value is -2.44. The highest BCUT2D eigenvalue weighted by molar-refractivity contribution is 6.62. The van der Waals surface area contributed by atoms with E-state index in [4.69, 9.17) is 9.31 Å². The Kier molecular flexibility index (Phi) is 3.97. The van der Waals surface area contributed by atoms with Crippen LogP contribution >= 0.6 is 0 Å². The number of hydrogen-bond acceptors (Lipinski definition) is 4. The number of aromatic nitrogens is 3. The van der Waals surface area contributed by atoms with Crippen molar-refractivity contribution in [2.45, 2.75) is 38.9 Å². The first-order valence-electron chi connectivity index (χ1n) is 8.78. The maximum Gasteiger partial charge on any atom is 0.494 e. The molecule has 1 saturated heterocycles. The van der Waals surface area contributed by atoms with Gasteiger partial charge in [-0.3, -0.25) is 0 Å². The number of nitrogens with zero attached hydrogens (tertiary/aromatic N) is 3. The van der Waals surface area contributed by atoms with Crippen molar-refractivity contribution in [2.24, 2.45) is 0 Å². The Bertz CT molecular complexity index is 872. The number of benzene rings is 2. The van der Waals surface area contributed by atoms with Crippen molar-refractivity contribution >= 4 is 12.6 Å². The zero-order valence-electron chi connectivity index (χ0n) is 15.5. The fraction of sp³-hybridized carbons (Fsp3) is 0.300. The third-order valence-corrected chi connectivity index (χ3v) is 5.32. The van der Waals surface area contributed by atoms with Crippen LogP contribution in [0.2, 0.25) is 0 Å². The van der Waals surface area contributed by atoms with E-state index in [0.29, 0.717) is 0 Å². The molecule has 0 aliphatic carbocycles. The highest BCUT2D eigenvalue weighted by Gasteiger charge is 2.51. The fourth-order valence-electron chi connectivity index (χ4n) is 2.96. The molecule has 0 saturated carbocycles. The first-order chi connectivity index (χ1) is 12.4. The van der Waals surface area contributed by atoms with E-state index in [1.54, 1.807) is 10.9 Å². The van der Waals surface area contributed by atoms with Gasteiger partial charge in [0.25, 0.3) is 0 Å². The normalized spacial score (nSPS) is 18.2. The van der Waals surface area contributed by atoms with Crippen LogP contribution in [0.1, 0.15) is 27.7 Å². The standard InChI is InChI=1S/C20H22BN3O2/c1-19(2)20(3,4)26-21(25-19)17-9-5-15(6-10-17)16-7-11-18(12-8-16)24-14-13-22-23-24/h5-14H,1-4H3. The zero-order chi connectivity index (χ0) is 18.4. The minimum atomic E-state index is -0.330. The lowest BCUT2D eigenvalue weighted by Gasteiger charge is -2.32. The topological polar surface area (TPSA) is 49.2 Å². The second-order valence-corrected chi connectivity index (χ2v) is 7.60. The molecule has 4 rings (SSSR count). The zero-order valence-corrected chi connectivity index (χ0v) is 15.5. The van der Waals surface area contributed by atoms with Crippen LogP contribution in [0.5, 0.6) is 0 Å². The summed E-state index contributed by atoms with van der Waals surface area (Å²) in [4.78, 5) is 0. The molecule has 1 aromatic heterocycles. The summed E-state index contributed by atoms with van der Waals surface area (Å²) in [6.07, 6.45) is 3.50. The highest BCUT2D eigenvalue weighted by Crippen LogP contribution is 2.36.